The second-order valence-electron chi connectivity index (χ2n) is 5.42. The molecule has 0 aliphatic carbocycles. The third kappa shape index (κ3) is 2.81. The van der Waals surface area contributed by atoms with Crippen LogP contribution in [0, 0.1) is 0 Å². The number of aromatic nitrogens is 1. The van der Waals surface area contributed by atoms with E-state index in [0.29, 0.717) is 6.04 Å². The predicted molar refractivity (Wildman–Crippen MR) is 82.8 cm³/mol. The van der Waals surface area contributed by atoms with E-state index >= 15 is 0 Å². The Bertz CT molecular complexity index is 690. The van der Waals surface area contributed by atoms with Gasteiger partial charge in [0, 0.05) is 35.8 Å². The molecule has 3 N–H and O–H groups in total. The van der Waals surface area contributed by atoms with Crippen LogP contribution in [-0.2, 0) is 11.8 Å². The number of rotatable bonds is 3. The molecule has 6 heteroatoms. The summed E-state index contributed by atoms with van der Waals surface area (Å²) in [5.74, 6) is -0.122. The number of hydrazone groups is 1. The summed E-state index contributed by atoms with van der Waals surface area (Å²) in [5, 5.41) is 5.19. The van der Waals surface area contributed by atoms with Gasteiger partial charge in [0.25, 0.3) is 5.91 Å². The van der Waals surface area contributed by atoms with Crippen molar-refractivity contribution in [2.45, 2.75) is 25.4 Å². The Kier molecular flexibility index (Phi) is 3.72. The highest BCUT2D eigenvalue weighted by Gasteiger charge is 2.26. The van der Waals surface area contributed by atoms with Crippen LogP contribution < -0.4 is 16.3 Å². The molecule has 1 amide bonds. The third-order valence-electron chi connectivity index (χ3n) is 3.72. The molecular weight excluding hydrogens is 266 g/mol. The molecule has 2 aromatic rings. The topological polar surface area (TPSA) is 70.5 Å². The smallest absolute Gasteiger partial charge is 0.258 e. The van der Waals surface area contributed by atoms with Crippen molar-refractivity contribution in [2.24, 2.45) is 12.1 Å². The van der Waals surface area contributed by atoms with Gasteiger partial charge in [0.1, 0.15) is 6.04 Å². The van der Waals surface area contributed by atoms with Gasteiger partial charge in [-0.05, 0) is 19.4 Å². The molecule has 3 rings (SSSR count). The van der Waals surface area contributed by atoms with Crippen LogP contribution in [0.4, 0.5) is 0 Å². The van der Waals surface area contributed by atoms with Crippen molar-refractivity contribution < 1.29 is 4.79 Å². The number of nitrogens with one attached hydrogen (secondary N) is 3. The van der Waals surface area contributed by atoms with Crippen LogP contribution >= 0.6 is 0 Å². The van der Waals surface area contributed by atoms with E-state index in [9.17, 15) is 4.79 Å². The molecule has 1 aromatic carbocycles. The van der Waals surface area contributed by atoms with Gasteiger partial charge < -0.3 is 4.57 Å². The lowest BCUT2D eigenvalue weighted by atomic mass is 10.1. The second kappa shape index (κ2) is 5.67. The zero-order valence-electron chi connectivity index (χ0n) is 12.1. The third-order valence-corrected chi connectivity index (χ3v) is 3.72. The van der Waals surface area contributed by atoms with E-state index in [2.05, 4.69) is 27.4 Å². The summed E-state index contributed by atoms with van der Waals surface area (Å²) in [4.78, 5) is 11.9. The molecule has 2 atom stereocenters. The fraction of sp³-hybridized carbons (Fsp3) is 0.333. The summed E-state index contributed by atoms with van der Waals surface area (Å²) in [6.45, 7) is 2.03. The van der Waals surface area contributed by atoms with Gasteiger partial charge in [0.05, 0.1) is 6.21 Å². The average molecular weight is 285 g/mol. The van der Waals surface area contributed by atoms with Crippen LogP contribution in [0.25, 0.3) is 10.9 Å². The maximum Gasteiger partial charge on any atom is 0.258 e. The first-order chi connectivity index (χ1) is 10.1. The molecule has 1 aromatic heterocycles. The molecule has 0 saturated carbocycles. The Morgan fingerprint density at radius 2 is 2.24 bits per heavy atom. The minimum absolute atomic E-state index is 0.122. The van der Waals surface area contributed by atoms with Gasteiger partial charge in [-0.15, -0.1) is 0 Å². The number of para-hydroxylation sites is 1. The van der Waals surface area contributed by atoms with Crippen molar-refractivity contribution >= 4 is 23.0 Å². The minimum atomic E-state index is -0.232. The first-order valence-electron chi connectivity index (χ1n) is 7.03. The van der Waals surface area contributed by atoms with E-state index in [1.807, 2.05) is 42.9 Å². The summed E-state index contributed by atoms with van der Waals surface area (Å²) in [6.07, 6.45) is 4.44. The summed E-state index contributed by atoms with van der Waals surface area (Å²) >= 11 is 0. The lowest BCUT2D eigenvalue weighted by Gasteiger charge is -2.05. The number of fused-ring (bicyclic) bond motifs is 1. The number of nitrogens with zero attached hydrogens (tertiary/aromatic N) is 2. The van der Waals surface area contributed by atoms with Crippen molar-refractivity contribution in [3.05, 3.63) is 36.0 Å². The Morgan fingerprint density at radius 3 is 3.00 bits per heavy atom. The number of hydrazine groups is 1. The Hall–Kier alpha value is -2.18. The SMILES string of the molecule is CC1CC(C(=O)N/N=C/c2cn(C)c3ccccc23)NN1. The number of carbonyl (C=O) groups excluding carboxylic acids is 1. The molecule has 1 aliphatic heterocycles. The predicted octanol–water partition coefficient (Wildman–Crippen LogP) is 0.883. The zero-order valence-corrected chi connectivity index (χ0v) is 12.1. The van der Waals surface area contributed by atoms with Crippen LogP contribution in [0.3, 0.4) is 0 Å². The quantitative estimate of drug-likeness (QED) is 0.579. The normalized spacial score (nSPS) is 22.2. The van der Waals surface area contributed by atoms with Crippen molar-refractivity contribution in [3.63, 3.8) is 0 Å². The number of amides is 1. The molecule has 2 heterocycles. The van der Waals surface area contributed by atoms with Gasteiger partial charge in [-0.25, -0.2) is 10.9 Å². The van der Waals surface area contributed by atoms with E-state index in [0.717, 1.165) is 22.9 Å². The van der Waals surface area contributed by atoms with E-state index in [4.69, 9.17) is 0 Å². The van der Waals surface area contributed by atoms with Crippen LogP contribution in [0.2, 0.25) is 0 Å². The van der Waals surface area contributed by atoms with Gasteiger partial charge in [-0.3, -0.25) is 10.2 Å². The van der Waals surface area contributed by atoms with Gasteiger partial charge in [-0.2, -0.15) is 5.10 Å². The Morgan fingerprint density at radius 1 is 1.43 bits per heavy atom. The monoisotopic (exact) mass is 285 g/mol. The summed E-state index contributed by atoms with van der Waals surface area (Å²) in [5.41, 5.74) is 10.7. The fourth-order valence-electron chi connectivity index (χ4n) is 2.61. The van der Waals surface area contributed by atoms with E-state index in [1.54, 1.807) is 6.21 Å². The van der Waals surface area contributed by atoms with Gasteiger partial charge in [0.2, 0.25) is 0 Å². The summed E-state index contributed by atoms with van der Waals surface area (Å²) in [6, 6.07) is 8.16. The van der Waals surface area contributed by atoms with Gasteiger partial charge >= 0.3 is 0 Å². The minimum Gasteiger partial charge on any atom is -0.350 e. The van der Waals surface area contributed by atoms with Crippen molar-refractivity contribution in [1.82, 2.24) is 20.8 Å². The van der Waals surface area contributed by atoms with Crippen molar-refractivity contribution in [3.8, 4) is 0 Å². The van der Waals surface area contributed by atoms with Crippen LogP contribution in [-0.4, -0.2) is 28.8 Å². The molecule has 2 unspecified atom stereocenters. The lowest BCUT2D eigenvalue weighted by Crippen LogP contribution is -2.41. The van der Waals surface area contributed by atoms with E-state index in [-0.39, 0.29) is 11.9 Å². The fourth-order valence-corrected chi connectivity index (χ4v) is 2.61. The average Bonchev–Trinajstić information content (AvgIpc) is 3.04. The highest BCUT2D eigenvalue weighted by atomic mass is 16.2. The first kappa shape index (κ1) is 13.8. The molecule has 0 radical (unpaired) electrons. The summed E-state index contributed by atoms with van der Waals surface area (Å²) in [7, 11) is 1.99. The number of hydrogen-bond acceptors (Lipinski definition) is 4. The second-order valence-corrected chi connectivity index (χ2v) is 5.42. The number of benzene rings is 1. The van der Waals surface area contributed by atoms with Gasteiger partial charge in [0.15, 0.2) is 0 Å². The number of hydrogen-bond donors (Lipinski definition) is 3. The maximum atomic E-state index is 11.9. The molecule has 1 saturated heterocycles. The van der Waals surface area contributed by atoms with Crippen LogP contribution in [0.1, 0.15) is 18.9 Å². The van der Waals surface area contributed by atoms with Gasteiger partial charge in [-0.1, -0.05) is 18.2 Å². The van der Waals surface area contributed by atoms with Crippen molar-refractivity contribution in [2.75, 3.05) is 0 Å². The van der Waals surface area contributed by atoms with Crippen molar-refractivity contribution in [1.29, 1.82) is 0 Å². The Balaban J connectivity index is 1.69. The molecule has 0 bridgehead atoms. The largest absolute Gasteiger partial charge is 0.350 e. The molecule has 1 aliphatic rings. The number of aryl methyl sites for hydroxylation is 1. The van der Waals surface area contributed by atoms with E-state index < -0.39 is 0 Å². The van der Waals surface area contributed by atoms with Crippen LogP contribution in [0.15, 0.2) is 35.6 Å². The molecule has 1 fully saturated rings. The Labute approximate surface area is 123 Å². The zero-order chi connectivity index (χ0) is 14.8. The molecule has 110 valence electrons. The lowest BCUT2D eigenvalue weighted by molar-refractivity contribution is -0.122. The molecule has 6 nitrogen and oxygen atoms in total. The molecule has 21 heavy (non-hydrogen) atoms. The summed E-state index contributed by atoms with van der Waals surface area (Å²) < 4.78 is 2.04. The van der Waals surface area contributed by atoms with Crippen LogP contribution in [0.5, 0.6) is 0 Å². The highest BCUT2D eigenvalue weighted by Crippen LogP contribution is 2.18. The standard InChI is InChI=1S/C15H19N5O/c1-10-7-13(18-17-10)15(21)19-16-8-11-9-20(2)14-6-4-3-5-12(11)14/h3-6,8-10,13,17-18H,7H2,1-2H3,(H,19,21)/b16-8+. The van der Waals surface area contributed by atoms with E-state index in [1.165, 1.54) is 0 Å². The number of carbonyl (C=O) groups is 1. The molecule has 0 spiro atoms. The first-order valence-corrected chi connectivity index (χ1v) is 7.03. The maximum absolute atomic E-state index is 11.9. The highest BCUT2D eigenvalue weighted by molar-refractivity contribution is 5.99. The molecular formula is C15H19N5O.